The van der Waals surface area contributed by atoms with Crippen LogP contribution in [0.1, 0.15) is 45.6 Å². The number of alkyl carbamates (subject to hydrolysis) is 1. The molecule has 0 aromatic heterocycles. The molecule has 7 nitrogen and oxygen atoms in total. The second kappa shape index (κ2) is 9.75. The second-order valence-corrected chi connectivity index (χ2v) is 8.04. The molecular weight excluding hydrogens is 364 g/mol. The van der Waals surface area contributed by atoms with Crippen molar-refractivity contribution in [1.29, 1.82) is 0 Å². The number of likely N-dealkylation sites (tertiary alicyclic amines) is 1. The van der Waals surface area contributed by atoms with E-state index in [1.807, 2.05) is 32.9 Å². The topological polar surface area (TPSA) is 77.1 Å². The fourth-order valence-electron chi connectivity index (χ4n) is 2.86. The van der Waals surface area contributed by atoms with Crippen LogP contribution < -0.4 is 10.1 Å². The van der Waals surface area contributed by atoms with Crippen LogP contribution in [0.3, 0.4) is 0 Å². The molecule has 27 heavy (non-hydrogen) atoms. The molecule has 8 heteroatoms. The first-order valence-electron chi connectivity index (χ1n) is 9.35. The number of carbonyl (C=O) groups excluding carboxylic acids is 2. The van der Waals surface area contributed by atoms with Crippen molar-refractivity contribution in [3.05, 3.63) is 29.8 Å². The minimum atomic E-state index is -0.506. The number of hydrogen-bond donors (Lipinski definition) is 1. The van der Waals surface area contributed by atoms with Crippen LogP contribution in [0.5, 0.6) is 5.75 Å². The Morgan fingerprint density at radius 1 is 1.22 bits per heavy atom. The van der Waals surface area contributed by atoms with Crippen molar-refractivity contribution >= 4 is 22.7 Å². The van der Waals surface area contributed by atoms with E-state index in [4.69, 9.17) is 13.9 Å². The summed E-state index contributed by atoms with van der Waals surface area (Å²) in [5, 5.41) is 2.73. The van der Waals surface area contributed by atoms with Crippen molar-refractivity contribution in [2.75, 3.05) is 13.1 Å². The molecule has 1 fully saturated rings. The lowest BCUT2D eigenvalue weighted by molar-refractivity contribution is 0.0141. The highest BCUT2D eigenvalue weighted by Gasteiger charge is 2.27. The van der Waals surface area contributed by atoms with Crippen molar-refractivity contribution in [2.24, 2.45) is 0 Å². The van der Waals surface area contributed by atoms with Gasteiger partial charge in [0.15, 0.2) is 0 Å². The van der Waals surface area contributed by atoms with Crippen LogP contribution in [0, 0.1) is 0 Å². The Bertz CT molecular complexity index is 630. The minimum Gasteiger partial charge on any atom is -0.444 e. The fourth-order valence-corrected chi connectivity index (χ4v) is 3.35. The predicted octanol–water partition coefficient (Wildman–Crippen LogP) is 2.36. The van der Waals surface area contributed by atoms with Crippen LogP contribution in [-0.2, 0) is 15.6 Å². The molecule has 1 atom stereocenters. The third-order valence-corrected chi connectivity index (χ3v) is 4.71. The maximum Gasteiger partial charge on any atom is 0.417 e. The fraction of sp³-hybridized carbons (Fsp3) is 0.579. The van der Waals surface area contributed by atoms with E-state index in [0.29, 0.717) is 35.7 Å². The Morgan fingerprint density at radius 2 is 1.93 bits per heavy atom. The molecule has 0 bridgehead atoms. The molecule has 1 aromatic carbocycles. The third kappa shape index (κ3) is 7.22. The average Bonchev–Trinajstić information content (AvgIpc) is 2.61. The number of amides is 2. The quantitative estimate of drug-likeness (QED) is 0.776. The highest BCUT2D eigenvalue weighted by atomic mass is 28.2. The summed E-state index contributed by atoms with van der Waals surface area (Å²) in [7, 11) is 0.594. The largest absolute Gasteiger partial charge is 0.444 e. The van der Waals surface area contributed by atoms with Gasteiger partial charge in [-0.25, -0.2) is 9.59 Å². The Morgan fingerprint density at radius 3 is 2.56 bits per heavy atom. The van der Waals surface area contributed by atoms with E-state index in [1.54, 1.807) is 17.0 Å². The number of piperidine rings is 1. The second-order valence-electron chi connectivity index (χ2n) is 7.57. The monoisotopic (exact) mass is 394 g/mol. The van der Waals surface area contributed by atoms with Gasteiger partial charge in [-0.05, 0) is 64.2 Å². The molecule has 0 spiro atoms. The van der Waals surface area contributed by atoms with Crippen LogP contribution in [0.15, 0.2) is 24.3 Å². The van der Waals surface area contributed by atoms with Gasteiger partial charge in [0.1, 0.15) is 28.1 Å². The molecule has 2 rings (SSSR count). The van der Waals surface area contributed by atoms with Crippen LogP contribution >= 0.6 is 0 Å². The first-order valence-corrected chi connectivity index (χ1v) is 10.2. The minimum absolute atomic E-state index is 0.156. The zero-order chi connectivity index (χ0) is 19.9. The van der Waals surface area contributed by atoms with Gasteiger partial charge in [0.05, 0.1) is 0 Å². The molecule has 1 heterocycles. The van der Waals surface area contributed by atoms with Crippen LogP contribution in [0.25, 0.3) is 0 Å². The standard InChI is InChI=1S/C19H30N2O5Si/c1-19(2,3)25-17(22)20-12-11-14-7-9-15(10-8-14)24-18(23)21-13-5-4-6-16(21)26-27/h7-10,16H,4-6,11-13H2,1-3,27H3,(H,20,22). The molecule has 1 N–H and O–H groups in total. The van der Waals surface area contributed by atoms with Crippen LogP contribution in [-0.4, -0.2) is 52.5 Å². The highest BCUT2D eigenvalue weighted by Crippen LogP contribution is 2.20. The molecule has 2 amide bonds. The number of carbonyl (C=O) groups is 2. The zero-order valence-electron chi connectivity index (χ0n) is 16.6. The van der Waals surface area contributed by atoms with Gasteiger partial charge in [-0.2, -0.15) is 0 Å². The maximum atomic E-state index is 12.4. The van der Waals surface area contributed by atoms with E-state index in [9.17, 15) is 9.59 Å². The van der Waals surface area contributed by atoms with Crippen LogP contribution in [0.2, 0.25) is 0 Å². The molecule has 1 aromatic rings. The lowest BCUT2D eigenvalue weighted by Crippen LogP contribution is -2.46. The molecule has 1 aliphatic rings. The van der Waals surface area contributed by atoms with Crippen LogP contribution in [0.4, 0.5) is 9.59 Å². The molecule has 1 saturated heterocycles. The van der Waals surface area contributed by atoms with E-state index in [-0.39, 0.29) is 12.3 Å². The Kier molecular flexibility index (Phi) is 7.67. The van der Waals surface area contributed by atoms with Crippen molar-refractivity contribution in [2.45, 2.75) is 58.3 Å². The van der Waals surface area contributed by atoms with Gasteiger partial charge in [0.25, 0.3) is 0 Å². The summed E-state index contributed by atoms with van der Waals surface area (Å²) in [6, 6.07) is 7.30. The molecule has 0 radical (unpaired) electrons. The number of ether oxygens (including phenoxy) is 2. The summed E-state index contributed by atoms with van der Waals surface area (Å²) < 4.78 is 16.2. The number of nitrogens with zero attached hydrogens (tertiary/aromatic N) is 1. The number of rotatable bonds is 5. The lowest BCUT2D eigenvalue weighted by atomic mass is 10.1. The van der Waals surface area contributed by atoms with Gasteiger partial charge in [0.2, 0.25) is 0 Å². The van der Waals surface area contributed by atoms with Crippen molar-refractivity contribution in [3.8, 4) is 5.75 Å². The Labute approximate surface area is 163 Å². The summed E-state index contributed by atoms with van der Waals surface area (Å²) in [5.41, 5.74) is 0.526. The highest BCUT2D eigenvalue weighted by molar-refractivity contribution is 5.98. The maximum absolute atomic E-state index is 12.4. The Balaban J connectivity index is 1.79. The summed E-state index contributed by atoms with van der Waals surface area (Å²) >= 11 is 0. The molecule has 0 aliphatic carbocycles. The number of nitrogens with one attached hydrogen (secondary N) is 1. The van der Waals surface area contributed by atoms with Gasteiger partial charge in [-0.1, -0.05) is 12.1 Å². The molecule has 0 saturated carbocycles. The molecular formula is C19H30N2O5Si. The summed E-state index contributed by atoms with van der Waals surface area (Å²) in [6.07, 6.45) is 2.62. The van der Waals surface area contributed by atoms with Crippen molar-refractivity contribution < 1.29 is 23.5 Å². The average molecular weight is 395 g/mol. The van der Waals surface area contributed by atoms with Gasteiger partial charge >= 0.3 is 12.2 Å². The summed E-state index contributed by atoms with van der Waals surface area (Å²) in [6.45, 7) is 6.62. The van der Waals surface area contributed by atoms with Gasteiger partial charge in [0, 0.05) is 13.1 Å². The van der Waals surface area contributed by atoms with E-state index < -0.39 is 11.7 Å². The normalized spacial score (nSPS) is 17.4. The molecule has 1 unspecified atom stereocenters. The van der Waals surface area contributed by atoms with Gasteiger partial charge in [-0.3, -0.25) is 4.90 Å². The molecule has 1 aliphatic heterocycles. The van der Waals surface area contributed by atoms with Gasteiger partial charge < -0.3 is 19.2 Å². The number of benzene rings is 1. The zero-order valence-corrected chi connectivity index (χ0v) is 18.6. The van der Waals surface area contributed by atoms with E-state index in [0.717, 1.165) is 24.8 Å². The molecule has 150 valence electrons. The van der Waals surface area contributed by atoms with Crippen molar-refractivity contribution in [1.82, 2.24) is 10.2 Å². The smallest absolute Gasteiger partial charge is 0.417 e. The first kappa shape index (κ1) is 21.2. The van der Waals surface area contributed by atoms with E-state index >= 15 is 0 Å². The van der Waals surface area contributed by atoms with Crippen molar-refractivity contribution in [3.63, 3.8) is 0 Å². The van der Waals surface area contributed by atoms with E-state index in [1.165, 1.54) is 0 Å². The summed E-state index contributed by atoms with van der Waals surface area (Å²) in [5.74, 6) is 0.501. The number of hydrogen-bond acceptors (Lipinski definition) is 5. The third-order valence-electron chi connectivity index (χ3n) is 4.16. The van der Waals surface area contributed by atoms with E-state index in [2.05, 4.69) is 5.32 Å². The predicted molar refractivity (Wildman–Crippen MR) is 106 cm³/mol. The van der Waals surface area contributed by atoms with Gasteiger partial charge in [-0.15, -0.1) is 0 Å². The Hall–Kier alpha value is -2.06. The first-order chi connectivity index (χ1) is 12.8. The lowest BCUT2D eigenvalue weighted by Gasteiger charge is -2.33. The summed E-state index contributed by atoms with van der Waals surface area (Å²) in [4.78, 5) is 25.6. The SMILES string of the molecule is CC(C)(C)OC(=O)NCCc1ccc(OC(=O)N2CCCCC2O[SiH3])cc1.